The molecule has 78 valence electrons. The molecule has 2 rings (SSSR count). The number of nitrogens with zero attached hydrogens (tertiary/aromatic N) is 1. The zero-order valence-corrected chi connectivity index (χ0v) is 8.60. The lowest BCUT2D eigenvalue weighted by atomic mass is 9.63. The van der Waals surface area contributed by atoms with Gasteiger partial charge in [-0.15, -0.1) is 0 Å². The third-order valence-electron chi connectivity index (χ3n) is 3.00. The first-order chi connectivity index (χ1) is 7.22. The van der Waals surface area contributed by atoms with Crippen LogP contribution in [0.3, 0.4) is 0 Å². The summed E-state index contributed by atoms with van der Waals surface area (Å²) in [4.78, 5) is 0. The maximum atomic E-state index is 9.35. The van der Waals surface area contributed by atoms with Crippen molar-refractivity contribution in [2.24, 2.45) is 0 Å². The van der Waals surface area contributed by atoms with Crippen molar-refractivity contribution in [2.75, 3.05) is 7.11 Å². The van der Waals surface area contributed by atoms with E-state index in [0.717, 1.165) is 11.3 Å². The molecule has 15 heavy (non-hydrogen) atoms. The molecule has 0 amide bonds. The summed E-state index contributed by atoms with van der Waals surface area (Å²) in [5.74, 6) is 0.728. The Labute approximate surface area is 88.9 Å². The fourth-order valence-corrected chi connectivity index (χ4v) is 2.16. The number of ether oxygens (including phenoxy) is 1. The summed E-state index contributed by atoms with van der Waals surface area (Å²) in [6.45, 7) is 0. The maximum absolute atomic E-state index is 9.35. The van der Waals surface area contributed by atoms with E-state index >= 15 is 0 Å². The van der Waals surface area contributed by atoms with Gasteiger partial charge in [-0.25, -0.2) is 0 Å². The fourth-order valence-electron chi connectivity index (χ4n) is 2.16. The first-order valence-electron chi connectivity index (χ1n) is 4.95. The van der Waals surface area contributed by atoms with Crippen LogP contribution < -0.4 is 4.74 Å². The van der Waals surface area contributed by atoms with Gasteiger partial charge in [0.1, 0.15) is 5.75 Å². The minimum absolute atomic E-state index is 0.352. The van der Waals surface area contributed by atoms with Crippen LogP contribution in [0.4, 0.5) is 0 Å². The maximum Gasteiger partial charge on any atom is 0.123 e. The van der Waals surface area contributed by atoms with Crippen LogP contribution in [0, 0.1) is 11.3 Å². The molecule has 1 fully saturated rings. The highest BCUT2D eigenvalue weighted by Gasteiger charge is 2.46. The van der Waals surface area contributed by atoms with E-state index in [1.807, 2.05) is 24.3 Å². The Hall–Kier alpha value is -1.53. The molecule has 0 heterocycles. The van der Waals surface area contributed by atoms with E-state index in [1.165, 1.54) is 0 Å². The fraction of sp³-hybridized carbons (Fsp3) is 0.417. The van der Waals surface area contributed by atoms with Gasteiger partial charge in [0, 0.05) is 5.56 Å². The molecule has 3 heteroatoms. The van der Waals surface area contributed by atoms with Crippen LogP contribution in [-0.2, 0) is 5.41 Å². The average Bonchev–Trinajstić information content (AvgIpc) is 2.24. The van der Waals surface area contributed by atoms with Gasteiger partial charge in [0.2, 0.25) is 0 Å². The van der Waals surface area contributed by atoms with Gasteiger partial charge in [-0.2, -0.15) is 5.26 Å². The smallest absolute Gasteiger partial charge is 0.123 e. The highest BCUT2D eigenvalue weighted by Crippen LogP contribution is 2.46. The van der Waals surface area contributed by atoms with E-state index in [-0.39, 0.29) is 6.10 Å². The van der Waals surface area contributed by atoms with Gasteiger partial charge in [0.15, 0.2) is 0 Å². The zero-order chi connectivity index (χ0) is 10.9. The quantitative estimate of drug-likeness (QED) is 0.794. The van der Waals surface area contributed by atoms with Crippen molar-refractivity contribution in [2.45, 2.75) is 24.4 Å². The van der Waals surface area contributed by atoms with Crippen molar-refractivity contribution in [3.8, 4) is 11.8 Å². The summed E-state index contributed by atoms with van der Waals surface area (Å²) >= 11 is 0. The van der Waals surface area contributed by atoms with E-state index in [1.54, 1.807) is 7.11 Å². The standard InChI is InChI=1S/C12H13NO2/c1-15-11-5-3-2-4-10(11)12(8-13)6-9(14)7-12/h2-5,9,14H,6-7H2,1H3/t9-,12-. The Balaban J connectivity index is 2.41. The Kier molecular flexibility index (Phi) is 2.37. The molecule has 1 aromatic carbocycles. The summed E-state index contributed by atoms with van der Waals surface area (Å²) < 4.78 is 5.23. The first kappa shape index (κ1) is 10.0. The van der Waals surface area contributed by atoms with Gasteiger partial charge in [-0.05, 0) is 18.9 Å². The molecule has 0 radical (unpaired) electrons. The summed E-state index contributed by atoms with van der Waals surface area (Å²) in [7, 11) is 1.60. The number of aliphatic hydroxyl groups is 1. The lowest BCUT2D eigenvalue weighted by Crippen LogP contribution is -2.43. The number of hydrogen-bond acceptors (Lipinski definition) is 3. The Bertz CT molecular complexity index is 402. The van der Waals surface area contributed by atoms with Gasteiger partial charge in [0.05, 0.1) is 24.7 Å². The summed E-state index contributed by atoms with van der Waals surface area (Å²) in [6.07, 6.45) is 0.655. The molecular weight excluding hydrogens is 190 g/mol. The lowest BCUT2D eigenvalue weighted by Gasteiger charge is -2.40. The van der Waals surface area contributed by atoms with Gasteiger partial charge in [-0.1, -0.05) is 18.2 Å². The molecule has 1 aliphatic rings. The minimum Gasteiger partial charge on any atom is -0.496 e. The molecule has 3 nitrogen and oxygen atoms in total. The second kappa shape index (κ2) is 3.56. The molecule has 1 saturated carbocycles. The molecule has 0 spiro atoms. The number of methoxy groups -OCH3 is 1. The normalized spacial score (nSPS) is 29.0. The molecule has 0 bridgehead atoms. The molecule has 1 aliphatic carbocycles. The first-order valence-corrected chi connectivity index (χ1v) is 4.95. The molecule has 0 saturated heterocycles. The van der Waals surface area contributed by atoms with E-state index in [2.05, 4.69) is 6.07 Å². The third kappa shape index (κ3) is 1.47. The number of nitriles is 1. The van der Waals surface area contributed by atoms with Crippen molar-refractivity contribution in [1.29, 1.82) is 5.26 Å². The van der Waals surface area contributed by atoms with Gasteiger partial charge in [-0.3, -0.25) is 0 Å². The van der Waals surface area contributed by atoms with Crippen molar-refractivity contribution in [3.05, 3.63) is 29.8 Å². The Morgan fingerprint density at radius 1 is 1.47 bits per heavy atom. The average molecular weight is 203 g/mol. The van der Waals surface area contributed by atoms with Crippen LogP contribution in [0.15, 0.2) is 24.3 Å². The molecule has 0 unspecified atom stereocenters. The number of para-hydroxylation sites is 1. The van der Waals surface area contributed by atoms with E-state index in [4.69, 9.17) is 4.74 Å². The summed E-state index contributed by atoms with van der Waals surface area (Å²) in [5.41, 5.74) is 0.340. The van der Waals surface area contributed by atoms with Gasteiger partial charge < -0.3 is 9.84 Å². The topological polar surface area (TPSA) is 53.2 Å². The number of rotatable bonds is 2. The second-order valence-corrected chi connectivity index (χ2v) is 3.96. The monoisotopic (exact) mass is 203 g/mol. The van der Waals surface area contributed by atoms with Crippen LogP contribution in [0.5, 0.6) is 5.75 Å². The van der Waals surface area contributed by atoms with Crippen molar-refractivity contribution >= 4 is 0 Å². The summed E-state index contributed by atoms with van der Waals surface area (Å²) in [5, 5.41) is 18.6. The predicted octanol–water partition coefficient (Wildman–Crippen LogP) is 1.61. The zero-order valence-electron chi connectivity index (χ0n) is 8.60. The molecule has 1 aromatic rings. The van der Waals surface area contributed by atoms with Crippen molar-refractivity contribution in [1.82, 2.24) is 0 Å². The number of benzene rings is 1. The van der Waals surface area contributed by atoms with Crippen molar-refractivity contribution in [3.63, 3.8) is 0 Å². The molecule has 0 aromatic heterocycles. The third-order valence-corrected chi connectivity index (χ3v) is 3.00. The number of hydrogen-bond donors (Lipinski definition) is 1. The predicted molar refractivity (Wildman–Crippen MR) is 55.5 cm³/mol. The van der Waals surface area contributed by atoms with Gasteiger partial charge in [0.25, 0.3) is 0 Å². The molecule has 0 atom stereocenters. The Morgan fingerprint density at radius 2 is 2.13 bits per heavy atom. The van der Waals surface area contributed by atoms with Crippen LogP contribution in [-0.4, -0.2) is 18.3 Å². The summed E-state index contributed by atoms with van der Waals surface area (Å²) in [6, 6.07) is 9.81. The van der Waals surface area contributed by atoms with E-state index in [0.29, 0.717) is 12.8 Å². The highest BCUT2D eigenvalue weighted by molar-refractivity contribution is 5.46. The molecule has 1 N–H and O–H groups in total. The SMILES string of the molecule is COc1ccccc1[C@]1(C#N)C[C@@H](O)C1. The van der Waals surface area contributed by atoms with Crippen LogP contribution >= 0.6 is 0 Å². The van der Waals surface area contributed by atoms with E-state index < -0.39 is 5.41 Å². The van der Waals surface area contributed by atoms with Crippen molar-refractivity contribution < 1.29 is 9.84 Å². The van der Waals surface area contributed by atoms with Crippen LogP contribution in [0.2, 0.25) is 0 Å². The second-order valence-electron chi connectivity index (χ2n) is 3.96. The lowest BCUT2D eigenvalue weighted by molar-refractivity contribution is 0.0437. The van der Waals surface area contributed by atoms with E-state index in [9.17, 15) is 10.4 Å². The van der Waals surface area contributed by atoms with Crippen LogP contribution in [0.1, 0.15) is 18.4 Å². The molecular formula is C12H13NO2. The largest absolute Gasteiger partial charge is 0.496 e. The highest BCUT2D eigenvalue weighted by atomic mass is 16.5. The van der Waals surface area contributed by atoms with Gasteiger partial charge >= 0.3 is 0 Å². The minimum atomic E-state index is -0.550. The Morgan fingerprint density at radius 3 is 2.67 bits per heavy atom. The van der Waals surface area contributed by atoms with Crippen LogP contribution in [0.25, 0.3) is 0 Å². The number of aliphatic hydroxyl groups excluding tert-OH is 1. The molecule has 0 aliphatic heterocycles.